The van der Waals surface area contributed by atoms with E-state index in [1.165, 1.54) is 44.5 Å². The normalized spacial score (nSPS) is 11.3. The highest BCUT2D eigenvalue weighted by Gasteiger charge is 2.13. The molecule has 0 aliphatic rings. The van der Waals surface area contributed by atoms with Crippen LogP contribution >= 0.6 is 0 Å². The fourth-order valence-corrected chi connectivity index (χ4v) is 5.73. The molecule has 0 bridgehead atoms. The third-order valence-electron chi connectivity index (χ3n) is 7.91. The SMILES string of the molecule is CCc1cc(-c2ccc(-c3ccc(-c4ccccc4)c(-c4ccccc4)c3)cc2)c2ccc3ccc(C)nc3c2n1. The van der Waals surface area contributed by atoms with Crippen molar-refractivity contribution in [2.45, 2.75) is 20.3 Å². The monoisotopic (exact) mass is 526 g/mol. The second-order valence-corrected chi connectivity index (χ2v) is 10.6. The summed E-state index contributed by atoms with van der Waals surface area (Å²) in [7, 11) is 0. The van der Waals surface area contributed by atoms with E-state index in [1.54, 1.807) is 0 Å². The van der Waals surface area contributed by atoms with Gasteiger partial charge in [0.1, 0.15) is 0 Å². The molecule has 0 unspecified atom stereocenters. The molecule has 41 heavy (non-hydrogen) atoms. The standard InChI is InChI=1S/C39H30N2/c1-3-33-25-37(35-23-20-31-15-14-26(2)40-38(31)39(35)41-33)30-18-16-27(17-19-30)32-21-22-34(28-10-6-4-7-11-28)36(24-32)29-12-8-5-9-13-29/h4-25H,3H2,1-2H3. The van der Waals surface area contributed by atoms with Crippen LogP contribution < -0.4 is 0 Å². The molecule has 7 aromatic rings. The van der Waals surface area contributed by atoms with E-state index < -0.39 is 0 Å². The zero-order valence-electron chi connectivity index (χ0n) is 23.3. The van der Waals surface area contributed by atoms with E-state index in [-0.39, 0.29) is 0 Å². The summed E-state index contributed by atoms with van der Waals surface area (Å²) in [5.41, 5.74) is 13.7. The van der Waals surface area contributed by atoms with Gasteiger partial charge in [0.25, 0.3) is 0 Å². The predicted molar refractivity (Wildman–Crippen MR) is 173 cm³/mol. The molecular formula is C39H30N2. The molecule has 2 nitrogen and oxygen atoms in total. The van der Waals surface area contributed by atoms with Crippen molar-refractivity contribution >= 4 is 21.8 Å². The van der Waals surface area contributed by atoms with Crippen molar-refractivity contribution in [3.8, 4) is 44.5 Å². The Labute approximate surface area is 241 Å². The summed E-state index contributed by atoms with van der Waals surface area (Å²) in [5.74, 6) is 0. The molecule has 0 amide bonds. The van der Waals surface area contributed by atoms with Crippen molar-refractivity contribution in [2.75, 3.05) is 0 Å². The van der Waals surface area contributed by atoms with Crippen LogP contribution in [0.5, 0.6) is 0 Å². The Morgan fingerprint density at radius 1 is 0.463 bits per heavy atom. The zero-order chi connectivity index (χ0) is 27.8. The van der Waals surface area contributed by atoms with Crippen molar-refractivity contribution in [3.05, 3.63) is 145 Å². The van der Waals surface area contributed by atoms with E-state index in [0.717, 1.165) is 39.6 Å². The molecule has 0 spiro atoms. The smallest absolute Gasteiger partial charge is 0.0974 e. The van der Waals surface area contributed by atoms with Gasteiger partial charge in [0.15, 0.2) is 0 Å². The van der Waals surface area contributed by atoms with Crippen molar-refractivity contribution < 1.29 is 0 Å². The number of fused-ring (bicyclic) bond motifs is 3. The number of benzene rings is 5. The van der Waals surface area contributed by atoms with E-state index in [9.17, 15) is 0 Å². The molecule has 0 N–H and O–H groups in total. The molecule has 2 heteroatoms. The Hall–Kier alpha value is -5.08. The highest BCUT2D eigenvalue weighted by molar-refractivity contribution is 6.08. The summed E-state index contributed by atoms with van der Waals surface area (Å²) < 4.78 is 0. The quantitative estimate of drug-likeness (QED) is 0.209. The Bertz CT molecular complexity index is 2010. The van der Waals surface area contributed by atoms with Gasteiger partial charge in [-0.1, -0.05) is 122 Å². The molecule has 0 saturated carbocycles. The van der Waals surface area contributed by atoms with Crippen LogP contribution in [0.3, 0.4) is 0 Å². The molecule has 7 rings (SSSR count). The second kappa shape index (κ2) is 10.5. The molecule has 0 aliphatic carbocycles. The summed E-state index contributed by atoms with van der Waals surface area (Å²) in [6.07, 6.45) is 0.874. The van der Waals surface area contributed by atoms with Crippen LogP contribution in [0.2, 0.25) is 0 Å². The van der Waals surface area contributed by atoms with Crippen LogP contribution in [0, 0.1) is 6.92 Å². The van der Waals surface area contributed by atoms with Crippen LogP contribution in [0.4, 0.5) is 0 Å². The highest BCUT2D eigenvalue weighted by atomic mass is 14.8. The van der Waals surface area contributed by atoms with Crippen LogP contribution in [0.25, 0.3) is 66.3 Å². The van der Waals surface area contributed by atoms with Gasteiger partial charge in [-0.15, -0.1) is 0 Å². The first-order chi connectivity index (χ1) is 20.2. The number of nitrogens with zero attached hydrogens (tertiary/aromatic N) is 2. The summed E-state index contributed by atoms with van der Waals surface area (Å²) in [4.78, 5) is 9.89. The molecule has 0 aliphatic heterocycles. The van der Waals surface area contributed by atoms with Gasteiger partial charge in [-0.2, -0.15) is 0 Å². The number of hydrogen-bond acceptors (Lipinski definition) is 2. The van der Waals surface area contributed by atoms with Gasteiger partial charge >= 0.3 is 0 Å². The van der Waals surface area contributed by atoms with Gasteiger partial charge in [-0.3, -0.25) is 9.97 Å². The maximum Gasteiger partial charge on any atom is 0.0974 e. The molecule has 2 aromatic heterocycles. The minimum Gasteiger partial charge on any atom is -0.251 e. The lowest BCUT2D eigenvalue weighted by molar-refractivity contribution is 1.06. The molecule has 0 fully saturated rings. The molecule has 0 atom stereocenters. The van der Waals surface area contributed by atoms with Gasteiger partial charge in [0.05, 0.1) is 11.0 Å². The first-order valence-electron chi connectivity index (χ1n) is 14.2. The van der Waals surface area contributed by atoms with Gasteiger partial charge < -0.3 is 0 Å². The fourth-order valence-electron chi connectivity index (χ4n) is 5.73. The van der Waals surface area contributed by atoms with Crippen molar-refractivity contribution in [1.82, 2.24) is 9.97 Å². The second-order valence-electron chi connectivity index (χ2n) is 10.6. The third kappa shape index (κ3) is 4.68. The van der Waals surface area contributed by atoms with E-state index >= 15 is 0 Å². The number of aryl methyl sites for hydroxylation is 2. The molecular weight excluding hydrogens is 496 g/mol. The van der Waals surface area contributed by atoms with E-state index in [4.69, 9.17) is 9.97 Å². The first-order valence-corrected chi connectivity index (χ1v) is 14.2. The minimum atomic E-state index is 0.874. The number of pyridine rings is 2. The molecule has 196 valence electrons. The summed E-state index contributed by atoms with van der Waals surface area (Å²) >= 11 is 0. The van der Waals surface area contributed by atoms with Gasteiger partial charge in [-0.05, 0) is 76.1 Å². The number of rotatable bonds is 5. The maximum absolute atomic E-state index is 5.02. The molecule has 0 radical (unpaired) electrons. The third-order valence-corrected chi connectivity index (χ3v) is 7.91. The lowest BCUT2D eigenvalue weighted by Crippen LogP contribution is -1.95. The maximum atomic E-state index is 5.02. The summed E-state index contributed by atoms with van der Waals surface area (Å²) in [6.45, 7) is 4.20. The van der Waals surface area contributed by atoms with Crippen molar-refractivity contribution in [2.24, 2.45) is 0 Å². The van der Waals surface area contributed by atoms with Crippen molar-refractivity contribution in [1.29, 1.82) is 0 Å². The predicted octanol–water partition coefficient (Wildman–Crippen LogP) is 10.3. The fraction of sp³-hybridized carbons (Fsp3) is 0.0769. The van der Waals surface area contributed by atoms with Gasteiger partial charge in [-0.25, -0.2) is 0 Å². The van der Waals surface area contributed by atoms with Crippen LogP contribution in [0.15, 0.2) is 133 Å². The zero-order valence-corrected chi connectivity index (χ0v) is 23.3. The van der Waals surface area contributed by atoms with Crippen molar-refractivity contribution in [3.63, 3.8) is 0 Å². The Balaban J connectivity index is 1.33. The average molecular weight is 527 g/mol. The molecule has 5 aromatic carbocycles. The minimum absolute atomic E-state index is 0.874. The van der Waals surface area contributed by atoms with Gasteiger partial charge in [0, 0.05) is 22.2 Å². The van der Waals surface area contributed by atoms with E-state index in [2.05, 4.69) is 140 Å². The van der Waals surface area contributed by atoms with Gasteiger partial charge in [0.2, 0.25) is 0 Å². The molecule has 2 heterocycles. The van der Waals surface area contributed by atoms with Crippen LogP contribution in [-0.4, -0.2) is 9.97 Å². The molecule has 0 saturated heterocycles. The summed E-state index contributed by atoms with van der Waals surface area (Å²) in [5, 5.41) is 2.26. The Kier molecular flexibility index (Phi) is 6.37. The largest absolute Gasteiger partial charge is 0.251 e. The topological polar surface area (TPSA) is 25.8 Å². The Morgan fingerprint density at radius 2 is 1.07 bits per heavy atom. The lowest BCUT2D eigenvalue weighted by atomic mass is 9.90. The Morgan fingerprint density at radius 3 is 1.78 bits per heavy atom. The van der Waals surface area contributed by atoms with Crippen LogP contribution in [0.1, 0.15) is 18.3 Å². The average Bonchev–Trinajstić information content (AvgIpc) is 3.05. The lowest BCUT2D eigenvalue weighted by Gasteiger charge is -2.14. The first kappa shape index (κ1) is 24.9. The van der Waals surface area contributed by atoms with E-state index in [0.29, 0.717) is 0 Å². The van der Waals surface area contributed by atoms with E-state index in [1.807, 2.05) is 6.92 Å². The number of aromatic nitrogens is 2. The van der Waals surface area contributed by atoms with Crippen LogP contribution in [-0.2, 0) is 6.42 Å². The summed E-state index contributed by atoms with van der Waals surface area (Å²) in [6, 6.07) is 47.9. The number of hydrogen-bond donors (Lipinski definition) is 0. The highest BCUT2D eigenvalue weighted by Crippen LogP contribution is 2.37.